The fourth-order valence-electron chi connectivity index (χ4n) is 0.486. The van der Waals surface area contributed by atoms with E-state index in [-0.39, 0.29) is 5.92 Å². The molecule has 44 valence electrons. The molecule has 0 fully saturated rings. The first-order valence-electron chi connectivity index (χ1n) is 2.55. The van der Waals surface area contributed by atoms with Crippen LogP contribution in [-0.4, -0.2) is 11.3 Å². The summed E-state index contributed by atoms with van der Waals surface area (Å²) in [4.78, 5) is 0. The van der Waals surface area contributed by atoms with Gasteiger partial charge in [-0.3, -0.25) is 0 Å². The van der Waals surface area contributed by atoms with Crippen LogP contribution in [0.5, 0.6) is 0 Å². The van der Waals surface area contributed by atoms with Gasteiger partial charge in [0.1, 0.15) is 0 Å². The Bertz CT molecular complexity index is 114. The van der Waals surface area contributed by atoms with Crippen molar-refractivity contribution in [2.45, 2.75) is 13.2 Å². The lowest BCUT2D eigenvalue weighted by molar-refractivity contribution is 0.136. The molecule has 1 N–H and O–H groups in total. The lowest BCUT2D eigenvalue weighted by Crippen LogP contribution is -2.13. The molecule has 1 unspecified atom stereocenters. The predicted octanol–water partition coefficient (Wildman–Crippen LogP) is 0.920. The minimum Gasteiger partial charge on any atom is -0.370 e. The van der Waals surface area contributed by atoms with E-state index in [1.54, 1.807) is 6.20 Å². The Labute approximate surface area is 47.7 Å². The Balaban J connectivity index is 2.59. The number of nitrogens with zero attached hydrogens (tertiary/aromatic N) is 2. The summed E-state index contributed by atoms with van der Waals surface area (Å²) in [5.41, 5.74) is 0. The third-order valence-corrected chi connectivity index (χ3v) is 1.11. The molecule has 0 amide bonds. The number of rotatable bonds is 0. The van der Waals surface area contributed by atoms with Crippen LogP contribution in [0.25, 0.3) is 0 Å². The summed E-state index contributed by atoms with van der Waals surface area (Å²) >= 11 is 0. The summed E-state index contributed by atoms with van der Waals surface area (Å²) in [5, 5.41) is 15.9. The van der Waals surface area contributed by atoms with Crippen LogP contribution < -0.4 is 0 Å². The third kappa shape index (κ3) is 0.924. The van der Waals surface area contributed by atoms with Crippen molar-refractivity contribution >= 4 is 0 Å². The molecule has 1 heterocycles. The summed E-state index contributed by atoms with van der Waals surface area (Å²) in [7, 11) is 0. The second-order valence-electron chi connectivity index (χ2n) is 1.85. The molecule has 1 rings (SSSR count). The van der Waals surface area contributed by atoms with E-state index in [2.05, 4.69) is 10.2 Å². The van der Waals surface area contributed by atoms with Gasteiger partial charge in [0.2, 0.25) is 0 Å². The fraction of sp³-hybridized carbons (Fsp3) is 0.600. The first kappa shape index (κ1) is 5.44. The molecule has 0 bridgehead atoms. The lowest BCUT2D eigenvalue weighted by Gasteiger charge is -2.10. The van der Waals surface area contributed by atoms with Crippen molar-refractivity contribution in [2.75, 3.05) is 0 Å². The van der Waals surface area contributed by atoms with Gasteiger partial charge in [0.05, 0.1) is 0 Å². The van der Waals surface area contributed by atoms with E-state index in [1.807, 2.05) is 13.0 Å². The van der Waals surface area contributed by atoms with Gasteiger partial charge in [-0.1, -0.05) is 13.0 Å². The number of hydrogen-bond acceptors (Lipinski definition) is 3. The van der Waals surface area contributed by atoms with Crippen LogP contribution >= 0.6 is 0 Å². The molecule has 0 aliphatic carbocycles. The second-order valence-corrected chi connectivity index (χ2v) is 1.85. The van der Waals surface area contributed by atoms with Gasteiger partial charge in [-0.05, 0) is 0 Å². The Morgan fingerprint density at radius 1 is 1.62 bits per heavy atom. The van der Waals surface area contributed by atoms with Crippen LogP contribution in [-0.2, 0) is 0 Å². The van der Waals surface area contributed by atoms with E-state index >= 15 is 0 Å². The second kappa shape index (κ2) is 2.05. The summed E-state index contributed by atoms with van der Waals surface area (Å²) < 4.78 is 0. The molecule has 0 saturated heterocycles. The van der Waals surface area contributed by atoms with Gasteiger partial charge in [0, 0.05) is 12.1 Å². The molecule has 0 aromatic heterocycles. The Morgan fingerprint density at radius 2 is 2.38 bits per heavy atom. The minimum atomic E-state index is -0.625. The van der Waals surface area contributed by atoms with Crippen molar-refractivity contribution in [1.29, 1.82) is 0 Å². The largest absolute Gasteiger partial charge is 0.370 e. The van der Waals surface area contributed by atoms with Crippen molar-refractivity contribution in [1.82, 2.24) is 0 Å². The fourth-order valence-corrected chi connectivity index (χ4v) is 0.486. The molecule has 0 saturated carbocycles. The molecular weight excluding hydrogens is 104 g/mol. The molecule has 0 aromatic rings. The van der Waals surface area contributed by atoms with Crippen LogP contribution in [0.15, 0.2) is 22.5 Å². The zero-order valence-electron chi connectivity index (χ0n) is 4.65. The number of aliphatic hydroxyl groups excluding tert-OH is 1. The highest BCUT2D eigenvalue weighted by atomic mass is 16.3. The highest BCUT2D eigenvalue weighted by Crippen LogP contribution is 2.10. The average Bonchev–Trinajstić information content (AvgIpc) is 1.77. The lowest BCUT2D eigenvalue weighted by atomic mass is 10.1. The molecular formula is C5H8N2O. The van der Waals surface area contributed by atoms with Gasteiger partial charge in [-0.15, -0.1) is 0 Å². The van der Waals surface area contributed by atoms with Crippen LogP contribution in [0.1, 0.15) is 6.92 Å². The number of aliphatic hydroxyl groups is 1. The van der Waals surface area contributed by atoms with Gasteiger partial charge in [0.15, 0.2) is 6.23 Å². The van der Waals surface area contributed by atoms with Crippen molar-refractivity contribution in [3.8, 4) is 0 Å². The normalized spacial score (nSPS) is 35.8. The Morgan fingerprint density at radius 3 is 2.75 bits per heavy atom. The van der Waals surface area contributed by atoms with Gasteiger partial charge in [0.25, 0.3) is 0 Å². The molecule has 0 spiro atoms. The first-order chi connectivity index (χ1) is 3.80. The standard InChI is InChI=1S/C5H8N2O/c1-4-2-3-6-7-5(4)8/h2-5,8H,1H3/t4-,5?/m0/s1. The van der Waals surface area contributed by atoms with E-state index in [0.29, 0.717) is 0 Å². The maximum Gasteiger partial charge on any atom is 0.172 e. The molecule has 0 aromatic carbocycles. The molecule has 1 aliphatic heterocycles. The maximum absolute atomic E-state index is 8.87. The van der Waals surface area contributed by atoms with E-state index < -0.39 is 6.23 Å². The highest BCUT2D eigenvalue weighted by molar-refractivity contribution is 4.90. The quantitative estimate of drug-likeness (QED) is 0.497. The van der Waals surface area contributed by atoms with Crippen molar-refractivity contribution < 1.29 is 5.11 Å². The third-order valence-electron chi connectivity index (χ3n) is 1.11. The topological polar surface area (TPSA) is 45.0 Å². The summed E-state index contributed by atoms with van der Waals surface area (Å²) in [6, 6.07) is 0. The predicted molar refractivity (Wildman–Crippen MR) is 29.2 cm³/mol. The summed E-state index contributed by atoms with van der Waals surface area (Å²) in [6.45, 7) is 1.89. The first-order valence-corrected chi connectivity index (χ1v) is 2.55. The van der Waals surface area contributed by atoms with Gasteiger partial charge in [-0.25, -0.2) is 0 Å². The maximum atomic E-state index is 8.87. The molecule has 3 heteroatoms. The smallest absolute Gasteiger partial charge is 0.172 e. The van der Waals surface area contributed by atoms with Gasteiger partial charge < -0.3 is 5.11 Å². The van der Waals surface area contributed by atoms with Crippen LogP contribution in [0.2, 0.25) is 0 Å². The van der Waals surface area contributed by atoms with Crippen LogP contribution in [0.3, 0.4) is 0 Å². The van der Waals surface area contributed by atoms with Gasteiger partial charge >= 0.3 is 0 Å². The van der Waals surface area contributed by atoms with Crippen LogP contribution in [0, 0.1) is 5.92 Å². The molecule has 0 radical (unpaired) electrons. The van der Waals surface area contributed by atoms with E-state index in [1.165, 1.54) is 0 Å². The molecule has 8 heavy (non-hydrogen) atoms. The van der Waals surface area contributed by atoms with Crippen molar-refractivity contribution in [3.05, 3.63) is 12.3 Å². The molecule has 1 aliphatic rings. The van der Waals surface area contributed by atoms with E-state index in [4.69, 9.17) is 5.11 Å². The summed E-state index contributed by atoms with van der Waals surface area (Å²) in [6.07, 6.45) is 2.79. The Kier molecular flexibility index (Phi) is 1.39. The van der Waals surface area contributed by atoms with Crippen molar-refractivity contribution in [3.63, 3.8) is 0 Å². The highest BCUT2D eigenvalue weighted by Gasteiger charge is 2.10. The zero-order valence-corrected chi connectivity index (χ0v) is 4.65. The molecule has 3 nitrogen and oxygen atoms in total. The number of hydrogen-bond donors (Lipinski definition) is 1. The molecule has 2 atom stereocenters. The SMILES string of the molecule is C[C@H]1C=CN=NC1O. The van der Waals surface area contributed by atoms with Crippen LogP contribution in [0.4, 0.5) is 0 Å². The monoisotopic (exact) mass is 112 g/mol. The van der Waals surface area contributed by atoms with Crippen molar-refractivity contribution in [2.24, 2.45) is 16.1 Å². The minimum absolute atomic E-state index is 0.118. The van der Waals surface area contributed by atoms with E-state index in [9.17, 15) is 0 Å². The van der Waals surface area contributed by atoms with Gasteiger partial charge in [-0.2, -0.15) is 10.2 Å². The average molecular weight is 112 g/mol. The summed E-state index contributed by atoms with van der Waals surface area (Å²) in [5.74, 6) is 0.118. The number of azo groups is 1. The van der Waals surface area contributed by atoms with E-state index in [0.717, 1.165) is 0 Å². The zero-order chi connectivity index (χ0) is 5.98. The Hall–Kier alpha value is -0.700.